The Morgan fingerprint density at radius 3 is 2.50 bits per heavy atom. The van der Waals surface area contributed by atoms with Crippen molar-refractivity contribution >= 4 is 23.8 Å². The van der Waals surface area contributed by atoms with Crippen LogP contribution in [0, 0.1) is 0 Å². The van der Waals surface area contributed by atoms with Crippen LogP contribution in [0.3, 0.4) is 0 Å². The average Bonchev–Trinajstić information content (AvgIpc) is 2.82. The van der Waals surface area contributed by atoms with Crippen molar-refractivity contribution in [3.05, 3.63) is 89.0 Å². The summed E-state index contributed by atoms with van der Waals surface area (Å²) in [5.41, 5.74) is 2.78. The fourth-order valence-electron chi connectivity index (χ4n) is 2.92. The molecule has 0 saturated carbocycles. The smallest absolute Gasteiger partial charge is 0.338 e. The highest BCUT2D eigenvalue weighted by Gasteiger charge is 2.09. The Morgan fingerprint density at radius 2 is 1.75 bits per heavy atom. The Morgan fingerprint density at radius 1 is 0.969 bits per heavy atom. The summed E-state index contributed by atoms with van der Waals surface area (Å²) in [6, 6.07) is 18.8. The van der Waals surface area contributed by atoms with Crippen LogP contribution in [-0.4, -0.2) is 37.0 Å². The largest absolute Gasteiger partial charge is 0.493 e. The topological polar surface area (TPSA) is 94.4 Å². The normalized spacial score (nSPS) is 10.7. The van der Waals surface area contributed by atoms with Gasteiger partial charge in [-0.15, -0.1) is 0 Å². The predicted octanol–water partition coefficient (Wildman–Crippen LogP) is 4.90. The van der Waals surface area contributed by atoms with Gasteiger partial charge in [0.1, 0.15) is 6.61 Å². The zero-order chi connectivity index (χ0) is 22.9. The molecule has 7 heteroatoms. The maximum absolute atomic E-state index is 11.9. The third-order valence-electron chi connectivity index (χ3n) is 4.48. The molecule has 3 aromatic carbocycles. The molecule has 32 heavy (non-hydrogen) atoms. The number of methoxy groups -OCH3 is 1. The van der Waals surface area contributed by atoms with Gasteiger partial charge in [-0.05, 0) is 66.6 Å². The van der Waals surface area contributed by atoms with Crippen LogP contribution in [0.2, 0.25) is 0 Å². The highest BCUT2D eigenvalue weighted by molar-refractivity contribution is 5.91. The molecule has 0 aliphatic carbocycles. The zero-order valence-electron chi connectivity index (χ0n) is 17.8. The lowest BCUT2D eigenvalue weighted by atomic mass is 10.1. The number of hydrogen-bond donors (Lipinski definition) is 1. The van der Waals surface area contributed by atoms with E-state index in [0.29, 0.717) is 29.4 Å². The molecular weight excluding hydrogens is 410 g/mol. The number of benzene rings is 3. The van der Waals surface area contributed by atoms with Gasteiger partial charge in [0, 0.05) is 6.21 Å². The molecule has 0 fully saturated rings. The minimum absolute atomic E-state index is 0.200. The van der Waals surface area contributed by atoms with Gasteiger partial charge < -0.3 is 19.3 Å². The van der Waals surface area contributed by atoms with Crippen LogP contribution < -0.4 is 9.47 Å². The van der Waals surface area contributed by atoms with Gasteiger partial charge in [-0.2, -0.15) is 0 Å². The maximum atomic E-state index is 11.9. The number of carboxylic acid groups (broad SMARTS) is 1. The fourth-order valence-corrected chi connectivity index (χ4v) is 2.92. The molecule has 0 amide bonds. The van der Waals surface area contributed by atoms with Crippen LogP contribution in [0.15, 0.2) is 71.7 Å². The summed E-state index contributed by atoms with van der Waals surface area (Å²) in [5.74, 6) is -0.333. The molecule has 0 heterocycles. The van der Waals surface area contributed by atoms with Crippen LogP contribution in [0.4, 0.5) is 5.69 Å². The van der Waals surface area contributed by atoms with Gasteiger partial charge in [-0.1, -0.05) is 18.2 Å². The first-order valence-corrected chi connectivity index (χ1v) is 9.94. The number of carboxylic acids is 1. The number of ether oxygens (including phenoxy) is 3. The quantitative estimate of drug-likeness (QED) is 0.381. The first-order chi connectivity index (χ1) is 15.5. The van der Waals surface area contributed by atoms with E-state index in [0.717, 1.165) is 11.1 Å². The molecule has 7 nitrogen and oxygen atoms in total. The van der Waals surface area contributed by atoms with Crippen molar-refractivity contribution in [2.24, 2.45) is 4.99 Å². The summed E-state index contributed by atoms with van der Waals surface area (Å²) in [5, 5.41) is 9.11. The molecular formula is C25H23NO6. The van der Waals surface area contributed by atoms with Gasteiger partial charge in [0.05, 0.1) is 30.5 Å². The van der Waals surface area contributed by atoms with E-state index >= 15 is 0 Å². The SMILES string of the molecule is CCOC(=O)c1cccc(N=Cc2ccc(OCc3cccc(C(=O)O)c3)c(OC)c2)c1. The molecule has 0 atom stereocenters. The van der Waals surface area contributed by atoms with Crippen molar-refractivity contribution in [1.29, 1.82) is 0 Å². The van der Waals surface area contributed by atoms with Crippen LogP contribution in [-0.2, 0) is 11.3 Å². The molecule has 0 aliphatic heterocycles. The number of nitrogens with zero attached hydrogens (tertiary/aromatic N) is 1. The molecule has 3 aromatic rings. The molecule has 0 unspecified atom stereocenters. The molecule has 0 aromatic heterocycles. The average molecular weight is 433 g/mol. The second kappa shape index (κ2) is 10.8. The standard InChI is InChI=1S/C25H23NO6/c1-3-31-25(29)20-8-5-9-21(14-20)26-15-17-10-11-22(23(13-17)30-2)32-16-18-6-4-7-19(12-18)24(27)28/h4-15H,3,16H2,1-2H3,(H,27,28). The highest BCUT2D eigenvalue weighted by Crippen LogP contribution is 2.29. The van der Waals surface area contributed by atoms with Crippen molar-refractivity contribution in [1.82, 2.24) is 0 Å². The van der Waals surface area contributed by atoms with Crippen molar-refractivity contribution in [2.45, 2.75) is 13.5 Å². The Hall–Kier alpha value is -4.13. The fraction of sp³-hybridized carbons (Fsp3) is 0.160. The number of esters is 1. The summed E-state index contributed by atoms with van der Waals surface area (Å²) in [7, 11) is 1.54. The molecule has 3 rings (SSSR count). The van der Waals surface area contributed by atoms with E-state index in [2.05, 4.69) is 4.99 Å². The Kier molecular flexibility index (Phi) is 7.59. The van der Waals surface area contributed by atoms with Crippen molar-refractivity contribution in [3.63, 3.8) is 0 Å². The van der Waals surface area contributed by atoms with Crippen LogP contribution in [0.25, 0.3) is 0 Å². The van der Waals surface area contributed by atoms with Crippen LogP contribution >= 0.6 is 0 Å². The summed E-state index contributed by atoms with van der Waals surface area (Å²) in [6.07, 6.45) is 1.66. The number of aliphatic imine (C=N–C) groups is 1. The number of aromatic carboxylic acids is 1. The Labute approximate surface area is 185 Å². The summed E-state index contributed by atoms with van der Waals surface area (Å²) >= 11 is 0. The molecule has 0 bridgehead atoms. The number of carbonyl (C=O) groups is 2. The summed E-state index contributed by atoms with van der Waals surface area (Å²) in [6.45, 7) is 2.27. The predicted molar refractivity (Wildman–Crippen MR) is 120 cm³/mol. The number of rotatable bonds is 9. The molecule has 1 N–H and O–H groups in total. The number of carbonyl (C=O) groups excluding carboxylic acids is 1. The monoisotopic (exact) mass is 433 g/mol. The third kappa shape index (κ3) is 5.95. The van der Waals surface area contributed by atoms with Crippen molar-refractivity contribution in [3.8, 4) is 11.5 Å². The van der Waals surface area contributed by atoms with Gasteiger partial charge in [-0.3, -0.25) is 4.99 Å². The minimum Gasteiger partial charge on any atom is -0.493 e. The van der Waals surface area contributed by atoms with Crippen molar-refractivity contribution < 1.29 is 28.9 Å². The zero-order valence-corrected chi connectivity index (χ0v) is 17.8. The van der Waals surface area contributed by atoms with Gasteiger partial charge in [0.25, 0.3) is 0 Å². The van der Waals surface area contributed by atoms with E-state index in [1.807, 2.05) is 6.07 Å². The minimum atomic E-state index is -0.985. The second-order valence-corrected chi connectivity index (χ2v) is 6.73. The molecule has 0 saturated heterocycles. The maximum Gasteiger partial charge on any atom is 0.338 e. The summed E-state index contributed by atoms with van der Waals surface area (Å²) in [4.78, 5) is 27.4. The van der Waals surface area contributed by atoms with Crippen molar-refractivity contribution in [2.75, 3.05) is 13.7 Å². The lowest BCUT2D eigenvalue weighted by Crippen LogP contribution is -2.03. The second-order valence-electron chi connectivity index (χ2n) is 6.73. The number of hydrogen-bond acceptors (Lipinski definition) is 6. The van der Waals surface area contributed by atoms with Gasteiger partial charge in [0.2, 0.25) is 0 Å². The van der Waals surface area contributed by atoms with Crippen LogP contribution in [0.1, 0.15) is 38.8 Å². The Bertz CT molecular complexity index is 1140. The molecule has 0 radical (unpaired) electrons. The lowest BCUT2D eigenvalue weighted by Gasteiger charge is -2.11. The molecule has 164 valence electrons. The van der Waals surface area contributed by atoms with E-state index in [4.69, 9.17) is 19.3 Å². The molecule has 0 aliphatic rings. The van der Waals surface area contributed by atoms with E-state index in [-0.39, 0.29) is 18.1 Å². The van der Waals surface area contributed by atoms with Gasteiger partial charge in [-0.25, -0.2) is 9.59 Å². The highest BCUT2D eigenvalue weighted by atomic mass is 16.5. The van der Waals surface area contributed by atoms with E-state index < -0.39 is 5.97 Å². The van der Waals surface area contributed by atoms with E-state index in [9.17, 15) is 9.59 Å². The van der Waals surface area contributed by atoms with E-state index in [1.165, 1.54) is 13.2 Å². The lowest BCUT2D eigenvalue weighted by molar-refractivity contribution is 0.0526. The Balaban J connectivity index is 1.71. The van der Waals surface area contributed by atoms with Gasteiger partial charge >= 0.3 is 11.9 Å². The first-order valence-electron chi connectivity index (χ1n) is 9.94. The van der Waals surface area contributed by atoms with Crippen LogP contribution in [0.5, 0.6) is 11.5 Å². The van der Waals surface area contributed by atoms with Gasteiger partial charge in [0.15, 0.2) is 11.5 Å². The van der Waals surface area contributed by atoms with E-state index in [1.54, 1.807) is 67.7 Å². The summed E-state index contributed by atoms with van der Waals surface area (Å²) < 4.78 is 16.3. The first kappa shape index (κ1) is 22.6. The third-order valence-corrected chi connectivity index (χ3v) is 4.48. The molecule has 0 spiro atoms.